The Hall–Kier alpha value is -6.85. The highest BCUT2D eigenvalue weighted by molar-refractivity contribution is 6.14. The van der Waals surface area contributed by atoms with Gasteiger partial charge < -0.3 is 8.83 Å². The monoisotopic (exact) mass is 709 g/mol. The van der Waals surface area contributed by atoms with Gasteiger partial charge >= 0.3 is 0 Å². The van der Waals surface area contributed by atoms with Crippen LogP contribution in [0.4, 0.5) is 0 Å². The van der Waals surface area contributed by atoms with Crippen LogP contribution < -0.4 is 0 Å². The van der Waals surface area contributed by atoms with Crippen LogP contribution in [0.1, 0.15) is 36.1 Å². The largest absolute Gasteiger partial charge is 0.456 e. The molecule has 0 fully saturated rings. The second kappa shape index (κ2) is 11.6. The standard InChI is InChI=1S/C50H35N3O2/c1-28-12-9-13-29(2)42(28)49-52-47(51-48(53-49)37-18-11-21-40-43(37)35-15-6-8-20-39(35)54-40)31-24-22-30(23-25-31)32-16-10-17-36-44-41(55-46(32)36)27-26-34-33-14-5-7-19-38(33)50(3,4)45(34)44/h5-27H,1-4H3. The number of aromatic nitrogens is 3. The Bertz CT molecular complexity index is 3180. The maximum atomic E-state index is 6.74. The van der Waals surface area contributed by atoms with Gasteiger partial charge in [-0.2, -0.15) is 0 Å². The summed E-state index contributed by atoms with van der Waals surface area (Å²) in [4.78, 5) is 15.4. The molecular formula is C50H35N3O2. The first kappa shape index (κ1) is 31.7. The van der Waals surface area contributed by atoms with Crippen LogP contribution in [-0.4, -0.2) is 15.0 Å². The van der Waals surface area contributed by atoms with Crippen LogP contribution in [0.2, 0.25) is 0 Å². The average Bonchev–Trinajstić information content (AvgIpc) is 3.85. The molecule has 0 aliphatic heterocycles. The summed E-state index contributed by atoms with van der Waals surface area (Å²) in [5.41, 5.74) is 15.8. The van der Waals surface area contributed by atoms with E-state index in [0.717, 1.165) is 77.4 Å². The predicted octanol–water partition coefficient (Wildman–Crippen LogP) is 13.3. The molecule has 1 aliphatic rings. The van der Waals surface area contributed by atoms with Crippen molar-refractivity contribution in [1.29, 1.82) is 0 Å². The molecule has 1 aliphatic carbocycles. The lowest BCUT2D eigenvalue weighted by Gasteiger charge is -2.22. The van der Waals surface area contributed by atoms with Gasteiger partial charge in [0.05, 0.1) is 0 Å². The molecule has 0 N–H and O–H groups in total. The third-order valence-electron chi connectivity index (χ3n) is 11.6. The van der Waals surface area contributed by atoms with Gasteiger partial charge in [0, 0.05) is 49.2 Å². The number of furan rings is 2. The smallest absolute Gasteiger partial charge is 0.164 e. The lowest BCUT2D eigenvalue weighted by Crippen LogP contribution is -2.15. The van der Waals surface area contributed by atoms with Crippen LogP contribution in [0.15, 0.2) is 148 Å². The van der Waals surface area contributed by atoms with E-state index >= 15 is 0 Å². The van der Waals surface area contributed by atoms with Crippen molar-refractivity contribution in [1.82, 2.24) is 15.0 Å². The first-order chi connectivity index (χ1) is 26.8. The zero-order valence-electron chi connectivity index (χ0n) is 30.9. The number of para-hydroxylation sites is 2. The van der Waals surface area contributed by atoms with Gasteiger partial charge in [0.25, 0.3) is 0 Å². The Balaban J connectivity index is 1.06. The van der Waals surface area contributed by atoms with Crippen molar-refractivity contribution >= 4 is 43.9 Å². The molecule has 10 aromatic rings. The summed E-state index contributed by atoms with van der Waals surface area (Å²) in [7, 11) is 0. The Morgan fingerprint density at radius 3 is 1.91 bits per heavy atom. The minimum Gasteiger partial charge on any atom is -0.456 e. The summed E-state index contributed by atoms with van der Waals surface area (Å²) in [5.74, 6) is 1.86. The minimum absolute atomic E-state index is 0.144. The fourth-order valence-corrected chi connectivity index (χ4v) is 9.05. The molecule has 0 saturated carbocycles. The molecule has 0 atom stereocenters. The Morgan fingerprint density at radius 1 is 0.436 bits per heavy atom. The van der Waals surface area contributed by atoms with E-state index in [2.05, 4.69) is 137 Å². The molecule has 7 aromatic carbocycles. The van der Waals surface area contributed by atoms with Crippen molar-refractivity contribution in [3.63, 3.8) is 0 Å². The van der Waals surface area contributed by atoms with E-state index in [4.69, 9.17) is 23.8 Å². The highest BCUT2D eigenvalue weighted by atomic mass is 16.3. The van der Waals surface area contributed by atoms with Crippen LogP contribution in [0.3, 0.4) is 0 Å². The normalized spacial score (nSPS) is 13.2. The van der Waals surface area contributed by atoms with Gasteiger partial charge in [-0.25, -0.2) is 15.0 Å². The summed E-state index contributed by atoms with van der Waals surface area (Å²) in [6.07, 6.45) is 0. The average molecular weight is 710 g/mol. The molecule has 0 radical (unpaired) electrons. The highest BCUT2D eigenvalue weighted by Crippen LogP contribution is 2.53. The second-order valence-corrected chi connectivity index (χ2v) is 15.2. The van der Waals surface area contributed by atoms with Gasteiger partial charge in [-0.3, -0.25) is 0 Å². The van der Waals surface area contributed by atoms with Crippen molar-refractivity contribution in [2.45, 2.75) is 33.1 Å². The van der Waals surface area contributed by atoms with Crippen LogP contribution in [0, 0.1) is 13.8 Å². The molecule has 0 unspecified atom stereocenters. The maximum Gasteiger partial charge on any atom is 0.164 e. The summed E-state index contributed by atoms with van der Waals surface area (Å²) >= 11 is 0. The number of hydrogen-bond acceptors (Lipinski definition) is 5. The van der Waals surface area contributed by atoms with Crippen LogP contribution in [0.5, 0.6) is 0 Å². The second-order valence-electron chi connectivity index (χ2n) is 15.2. The molecule has 0 amide bonds. The van der Waals surface area contributed by atoms with Crippen molar-refractivity contribution < 1.29 is 8.83 Å². The van der Waals surface area contributed by atoms with Crippen molar-refractivity contribution in [3.8, 4) is 56.4 Å². The number of nitrogens with zero attached hydrogens (tertiary/aromatic N) is 3. The number of benzene rings is 7. The van der Waals surface area contributed by atoms with E-state index in [-0.39, 0.29) is 5.41 Å². The molecular weight excluding hydrogens is 675 g/mol. The van der Waals surface area contributed by atoms with Crippen molar-refractivity contribution in [3.05, 3.63) is 162 Å². The Morgan fingerprint density at radius 2 is 1.05 bits per heavy atom. The first-order valence-corrected chi connectivity index (χ1v) is 18.8. The van der Waals surface area contributed by atoms with Gasteiger partial charge in [-0.15, -0.1) is 0 Å². The van der Waals surface area contributed by atoms with E-state index in [1.807, 2.05) is 30.3 Å². The maximum absolute atomic E-state index is 6.74. The topological polar surface area (TPSA) is 65.0 Å². The summed E-state index contributed by atoms with van der Waals surface area (Å²) < 4.78 is 13.0. The van der Waals surface area contributed by atoms with Crippen LogP contribution in [0.25, 0.3) is 100 Å². The third kappa shape index (κ3) is 4.63. The van der Waals surface area contributed by atoms with E-state index in [0.29, 0.717) is 17.5 Å². The molecule has 11 rings (SSSR count). The fourth-order valence-electron chi connectivity index (χ4n) is 9.05. The van der Waals surface area contributed by atoms with Gasteiger partial charge in [0.2, 0.25) is 0 Å². The van der Waals surface area contributed by atoms with Crippen molar-refractivity contribution in [2.75, 3.05) is 0 Å². The molecule has 3 heterocycles. The van der Waals surface area contributed by atoms with Gasteiger partial charge in [-0.05, 0) is 71.0 Å². The van der Waals surface area contributed by atoms with Gasteiger partial charge in [0.1, 0.15) is 22.3 Å². The number of rotatable bonds is 4. The summed E-state index contributed by atoms with van der Waals surface area (Å²) in [5, 5.41) is 4.36. The molecule has 262 valence electrons. The van der Waals surface area contributed by atoms with Crippen LogP contribution >= 0.6 is 0 Å². The third-order valence-corrected chi connectivity index (χ3v) is 11.6. The number of fused-ring (bicyclic) bond motifs is 10. The molecule has 5 nitrogen and oxygen atoms in total. The minimum atomic E-state index is -0.144. The zero-order valence-corrected chi connectivity index (χ0v) is 30.9. The highest BCUT2D eigenvalue weighted by Gasteiger charge is 2.38. The predicted molar refractivity (Wildman–Crippen MR) is 223 cm³/mol. The summed E-state index contributed by atoms with van der Waals surface area (Å²) in [6.45, 7) is 8.87. The molecule has 5 heteroatoms. The van der Waals surface area contributed by atoms with E-state index in [1.165, 1.54) is 27.6 Å². The van der Waals surface area contributed by atoms with Gasteiger partial charge in [-0.1, -0.05) is 135 Å². The number of aryl methyl sites for hydroxylation is 2. The molecule has 3 aromatic heterocycles. The van der Waals surface area contributed by atoms with E-state index in [9.17, 15) is 0 Å². The lowest BCUT2D eigenvalue weighted by molar-refractivity contribution is 0.657. The molecule has 55 heavy (non-hydrogen) atoms. The van der Waals surface area contributed by atoms with Gasteiger partial charge in [0.15, 0.2) is 17.5 Å². The molecule has 0 bridgehead atoms. The SMILES string of the molecule is Cc1cccc(C)c1-c1nc(-c2ccc(-c3cccc4c3oc3ccc5c(c34)C(C)(C)c3ccccc3-5)cc2)nc(-c2cccc3oc4ccccc4c23)n1. The first-order valence-electron chi connectivity index (χ1n) is 18.8. The molecule has 0 spiro atoms. The molecule has 0 saturated heterocycles. The van der Waals surface area contributed by atoms with E-state index < -0.39 is 0 Å². The van der Waals surface area contributed by atoms with Crippen molar-refractivity contribution in [2.24, 2.45) is 0 Å². The lowest BCUT2D eigenvalue weighted by atomic mass is 9.80. The Kier molecular flexibility index (Phi) is 6.66. The van der Waals surface area contributed by atoms with E-state index in [1.54, 1.807) is 0 Å². The quantitative estimate of drug-likeness (QED) is 0.182. The summed E-state index contributed by atoms with van der Waals surface area (Å²) in [6, 6.07) is 48.6. The Labute approximate surface area is 318 Å². The zero-order chi connectivity index (χ0) is 37.0. The van der Waals surface area contributed by atoms with Crippen LogP contribution in [-0.2, 0) is 5.41 Å². The fraction of sp³-hybridized carbons (Fsp3) is 0.100. The number of hydrogen-bond donors (Lipinski definition) is 0.